The lowest BCUT2D eigenvalue weighted by atomic mass is 10.1. The van der Waals surface area contributed by atoms with E-state index in [9.17, 15) is 0 Å². The van der Waals surface area contributed by atoms with E-state index in [4.69, 9.17) is 5.73 Å². The number of anilines is 1. The van der Waals surface area contributed by atoms with Crippen molar-refractivity contribution in [2.45, 2.75) is 12.8 Å². The van der Waals surface area contributed by atoms with Crippen molar-refractivity contribution in [2.24, 2.45) is 0 Å². The molecule has 0 amide bonds. The monoisotopic (exact) mass is 187 g/mol. The van der Waals surface area contributed by atoms with Crippen LogP contribution in [0.1, 0.15) is 11.3 Å². The van der Waals surface area contributed by atoms with Gasteiger partial charge >= 0.3 is 0 Å². The van der Waals surface area contributed by atoms with Crippen molar-refractivity contribution in [3.8, 4) is 0 Å². The predicted molar refractivity (Wildman–Crippen MR) is 56.9 cm³/mol. The Morgan fingerprint density at radius 3 is 2.93 bits per heavy atom. The number of benzene rings is 1. The summed E-state index contributed by atoms with van der Waals surface area (Å²) in [6.45, 7) is 0. The lowest BCUT2D eigenvalue weighted by molar-refractivity contribution is 0.926. The van der Waals surface area contributed by atoms with E-state index < -0.39 is 0 Å². The number of nitrogens with one attached hydrogen (secondary N) is 1. The fraction of sp³-hybridized carbons (Fsp3) is 0.182. The molecule has 0 aliphatic rings. The molecular formula is C11H13N3. The van der Waals surface area contributed by atoms with Crippen LogP contribution in [0.5, 0.6) is 0 Å². The van der Waals surface area contributed by atoms with Gasteiger partial charge in [-0.05, 0) is 30.5 Å². The van der Waals surface area contributed by atoms with Crippen LogP contribution >= 0.6 is 0 Å². The van der Waals surface area contributed by atoms with Gasteiger partial charge in [0.15, 0.2) is 0 Å². The molecule has 3 heteroatoms. The van der Waals surface area contributed by atoms with Crippen molar-refractivity contribution in [1.29, 1.82) is 0 Å². The molecule has 2 aromatic rings. The summed E-state index contributed by atoms with van der Waals surface area (Å²) in [4.78, 5) is 7.11. The first-order chi connectivity index (χ1) is 6.84. The van der Waals surface area contributed by atoms with E-state index in [-0.39, 0.29) is 0 Å². The van der Waals surface area contributed by atoms with Crippen LogP contribution < -0.4 is 5.73 Å². The molecule has 0 atom stereocenters. The maximum absolute atomic E-state index is 5.69. The Hall–Kier alpha value is -1.77. The van der Waals surface area contributed by atoms with E-state index in [0.717, 1.165) is 24.2 Å². The quantitative estimate of drug-likeness (QED) is 0.719. The van der Waals surface area contributed by atoms with Gasteiger partial charge in [0.25, 0.3) is 0 Å². The van der Waals surface area contributed by atoms with Gasteiger partial charge in [0.2, 0.25) is 0 Å². The lowest BCUT2D eigenvalue weighted by Crippen LogP contribution is -1.93. The third kappa shape index (κ3) is 2.13. The van der Waals surface area contributed by atoms with Gasteiger partial charge in [0.1, 0.15) is 0 Å². The summed E-state index contributed by atoms with van der Waals surface area (Å²) < 4.78 is 0. The van der Waals surface area contributed by atoms with Crippen molar-refractivity contribution in [1.82, 2.24) is 9.97 Å². The summed E-state index contributed by atoms with van der Waals surface area (Å²) >= 11 is 0. The smallest absolute Gasteiger partial charge is 0.0923 e. The van der Waals surface area contributed by atoms with E-state index in [1.807, 2.05) is 24.4 Å². The molecule has 2 rings (SSSR count). The maximum Gasteiger partial charge on any atom is 0.0923 e. The Morgan fingerprint density at radius 1 is 1.29 bits per heavy atom. The molecule has 1 heterocycles. The van der Waals surface area contributed by atoms with Crippen molar-refractivity contribution >= 4 is 5.69 Å². The fourth-order valence-corrected chi connectivity index (χ4v) is 1.45. The molecule has 0 aliphatic heterocycles. The van der Waals surface area contributed by atoms with Gasteiger partial charge < -0.3 is 10.7 Å². The molecule has 3 N–H and O–H groups in total. The minimum atomic E-state index is 0.824. The number of H-pyrrole nitrogens is 1. The van der Waals surface area contributed by atoms with Crippen molar-refractivity contribution in [3.05, 3.63) is 48.0 Å². The van der Waals surface area contributed by atoms with Gasteiger partial charge in [0, 0.05) is 11.9 Å². The third-order valence-electron chi connectivity index (χ3n) is 2.18. The average Bonchev–Trinajstić information content (AvgIpc) is 2.67. The number of hydrogen-bond acceptors (Lipinski definition) is 2. The SMILES string of the molecule is Nc1cccc(CCc2c[nH]cn2)c1. The molecule has 0 saturated carbocycles. The molecule has 14 heavy (non-hydrogen) atoms. The number of imidazole rings is 1. The van der Waals surface area contributed by atoms with Crippen molar-refractivity contribution in [2.75, 3.05) is 5.73 Å². The fourth-order valence-electron chi connectivity index (χ4n) is 1.45. The normalized spacial score (nSPS) is 10.3. The Bertz CT molecular complexity index is 393. The zero-order valence-corrected chi connectivity index (χ0v) is 7.90. The minimum Gasteiger partial charge on any atom is -0.399 e. The Kier molecular flexibility index (Phi) is 2.49. The summed E-state index contributed by atoms with van der Waals surface area (Å²) in [6.07, 6.45) is 5.56. The van der Waals surface area contributed by atoms with Gasteiger partial charge in [-0.15, -0.1) is 0 Å². The number of nitrogens with two attached hydrogens (primary N) is 1. The van der Waals surface area contributed by atoms with Crippen LogP contribution in [0.25, 0.3) is 0 Å². The van der Waals surface area contributed by atoms with Gasteiger partial charge in [-0.3, -0.25) is 0 Å². The Balaban J connectivity index is 1.98. The minimum absolute atomic E-state index is 0.824. The van der Waals surface area contributed by atoms with Crippen LogP contribution in [0, 0.1) is 0 Å². The van der Waals surface area contributed by atoms with E-state index in [1.54, 1.807) is 6.33 Å². The van der Waals surface area contributed by atoms with Gasteiger partial charge in [-0.25, -0.2) is 4.98 Å². The Morgan fingerprint density at radius 2 is 2.21 bits per heavy atom. The highest BCUT2D eigenvalue weighted by Crippen LogP contribution is 2.09. The Labute approximate surface area is 83.0 Å². The molecular weight excluding hydrogens is 174 g/mol. The van der Waals surface area contributed by atoms with E-state index >= 15 is 0 Å². The predicted octanol–water partition coefficient (Wildman–Crippen LogP) is 1.78. The van der Waals surface area contributed by atoms with Crippen LogP contribution in [0.2, 0.25) is 0 Å². The van der Waals surface area contributed by atoms with E-state index in [0.29, 0.717) is 0 Å². The molecule has 3 nitrogen and oxygen atoms in total. The zero-order chi connectivity index (χ0) is 9.80. The number of nitrogen functional groups attached to an aromatic ring is 1. The number of aromatic nitrogens is 2. The first-order valence-electron chi connectivity index (χ1n) is 4.66. The second-order valence-corrected chi connectivity index (χ2v) is 3.31. The molecule has 1 aromatic heterocycles. The zero-order valence-electron chi connectivity index (χ0n) is 7.90. The summed E-state index contributed by atoms with van der Waals surface area (Å²) in [6, 6.07) is 7.98. The molecule has 0 unspecified atom stereocenters. The first kappa shape index (κ1) is 8.81. The van der Waals surface area contributed by atoms with E-state index in [2.05, 4.69) is 16.0 Å². The number of rotatable bonds is 3. The maximum atomic E-state index is 5.69. The molecule has 0 saturated heterocycles. The molecule has 1 aromatic carbocycles. The topological polar surface area (TPSA) is 54.7 Å². The average molecular weight is 187 g/mol. The van der Waals surface area contributed by atoms with Crippen LogP contribution in [0.15, 0.2) is 36.8 Å². The van der Waals surface area contributed by atoms with Gasteiger partial charge in [-0.2, -0.15) is 0 Å². The van der Waals surface area contributed by atoms with Crippen LogP contribution in [-0.4, -0.2) is 9.97 Å². The molecule has 72 valence electrons. The van der Waals surface area contributed by atoms with Crippen molar-refractivity contribution in [3.63, 3.8) is 0 Å². The molecule has 0 bridgehead atoms. The summed E-state index contributed by atoms with van der Waals surface area (Å²) in [5.41, 5.74) is 8.86. The first-order valence-corrected chi connectivity index (χ1v) is 4.66. The largest absolute Gasteiger partial charge is 0.399 e. The highest BCUT2D eigenvalue weighted by atomic mass is 14.9. The third-order valence-corrected chi connectivity index (χ3v) is 2.18. The number of aromatic amines is 1. The van der Waals surface area contributed by atoms with Crippen LogP contribution in [0.4, 0.5) is 5.69 Å². The summed E-state index contributed by atoms with van der Waals surface area (Å²) in [5, 5.41) is 0. The summed E-state index contributed by atoms with van der Waals surface area (Å²) in [5.74, 6) is 0. The van der Waals surface area contributed by atoms with Crippen LogP contribution in [0.3, 0.4) is 0 Å². The highest BCUT2D eigenvalue weighted by Gasteiger charge is 1.97. The molecule has 0 radical (unpaired) electrons. The van der Waals surface area contributed by atoms with E-state index in [1.165, 1.54) is 5.56 Å². The molecule has 0 spiro atoms. The molecule has 0 fully saturated rings. The summed E-state index contributed by atoms with van der Waals surface area (Å²) in [7, 11) is 0. The standard InChI is InChI=1S/C11H13N3/c12-10-3-1-2-9(6-10)4-5-11-7-13-8-14-11/h1-3,6-8H,4-5,12H2,(H,13,14). The van der Waals surface area contributed by atoms with Crippen molar-refractivity contribution < 1.29 is 0 Å². The van der Waals surface area contributed by atoms with Crippen LogP contribution in [-0.2, 0) is 12.8 Å². The number of nitrogens with zero attached hydrogens (tertiary/aromatic N) is 1. The lowest BCUT2D eigenvalue weighted by Gasteiger charge is -2.00. The second kappa shape index (κ2) is 3.96. The molecule has 0 aliphatic carbocycles. The second-order valence-electron chi connectivity index (χ2n) is 3.31. The number of aryl methyl sites for hydroxylation is 2. The van der Waals surface area contributed by atoms with Gasteiger partial charge in [0.05, 0.1) is 12.0 Å². The number of hydrogen-bond donors (Lipinski definition) is 2. The van der Waals surface area contributed by atoms with Gasteiger partial charge in [-0.1, -0.05) is 12.1 Å². The highest BCUT2D eigenvalue weighted by molar-refractivity contribution is 5.40.